The van der Waals surface area contributed by atoms with E-state index in [1.165, 1.54) is 32.2 Å². The van der Waals surface area contributed by atoms with Crippen LogP contribution in [-0.4, -0.2) is 37.2 Å². The molecule has 0 bridgehead atoms. The van der Waals surface area contributed by atoms with Crippen molar-refractivity contribution in [2.45, 2.75) is 25.7 Å². The average molecular weight is 232 g/mol. The molecule has 1 spiro atoms. The smallest absolute Gasteiger partial charge is 0.171 e. The lowest BCUT2D eigenvalue weighted by molar-refractivity contribution is 0.393. The maximum Gasteiger partial charge on any atom is 0.171 e. The summed E-state index contributed by atoms with van der Waals surface area (Å²) >= 11 is 0. The lowest BCUT2D eigenvalue weighted by atomic mass is 9.95. The number of anilines is 2. The van der Waals surface area contributed by atoms with Gasteiger partial charge < -0.3 is 9.80 Å². The molecule has 3 rings (SSSR count). The van der Waals surface area contributed by atoms with Gasteiger partial charge in [0.25, 0.3) is 0 Å². The molecule has 0 N–H and O–H groups in total. The van der Waals surface area contributed by atoms with E-state index in [9.17, 15) is 0 Å². The topological polar surface area (TPSA) is 32.3 Å². The molecule has 0 atom stereocenters. The lowest BCUT2D eigenvalue weighted by Gasteiger charge is -2.35. The first-order chi connectivity index (χ1) is 8.20. The van der Waals surface area contributed by atoms with Crippen LogP contribution in [0, 0.1) is 5.41 Å². The van der Waals surface area contributed by atoms with Crippen molar-refractivity contribution in [1.82, 2.24) is 9.97 Å². The summed E-state index contributed by atoms with van der Waals surface area (Å²) in [6, 6.07) is 0. The molecule has 4 heteroatoms. The first kappa shape index (κ1) is 10.8. The van der Waals surface area contributed by atoms with Crippen LogP contribution in [0.15, 0.2) is 12.4 Å². The van der Waals surface area contributed by atoms with Crippen molar-refractivity contribution in [1.29, 1.82) is 0 Å². The third kappa shape index (κ3) is 1.96. The van der Waals surface area contributed by atoms with E-state index in [0.29, 0.717) is 5.41 Å². The Labute approximate surface area is 103 Å². The molecule has 1 saturated heterocycles. The minimum Gasteiger partial charge on any atom is -0.360 e. The predicted molar refractivity (Wildman–Crippen MR) is 69.5 cm³/mol. The molecule has 1 saturated carbocycles. The van der Waals surface area contributed by atoms with Gasteiger partial charge in [-0.15, -0.1) is 0 Å². The van der Waals surface area contributed by atoms with Crippen LogP contribution in [0.1, 0.15) is 25.7 Å². The van der Waals surface area contributed by atoms with Crippen molar-refractivity contribution in [3.05, 3.63) is 12.4 Å². The summed E-state index contributed by atoms with van der Waals surface area (Å²) in [7, 11) is 4.06. The Bertz CT molecular complexity index is 412. The lowest BCUT2D eigenvalue weighted by Crippen LogP contribution is -2.38. The molecule has 1 aliphatic carbocycles. The van der Waals surface area contributed by atoms with Gasteiger partial charge in [-0.05, 0) is 31.1 Å². The van der Waals surface area contributed by atoms with E-state index >= 15 is 0 Å². The molecular formula is C13H20N4. The van der Waals surface area contributed by atoms with Crippen LogP contribution in [0.2, 0.25) is 0 Å². The van der Waals surface area contributed by atoms with Crippen LogP contribution in [0.4, 0.5) is 11.6 Å². The fourth-order valence-electron chi connectivity index (χ4n) is 2.84. The van der Waals surface area contributed by atoms with Crippen molar-refractivity contribution < 1.29 is 0 Å². The van der Waals surface area contributed by atoms with Crippen molar-refractivity contribution in [3.63, 3.8) is 0 Å². The molecule has 0 aromatic carbocycles. The molecule has 1 aromatic rings. The maximum atomic E-state index is 4.54. The van der Waals surface area contributed by atoms with Gasteiger partial charge in [0.2, 0.25) is 0 Å². The third-order valence-electron chi connectivity index (χ3n) is 4.00. The predicted octanol–water partition coefficient (Wildman–Crippen LogP) is 1.92. The van der Waals surface area contributed by atoms with Crippen LogP contribution in [0.25, 0.3) is 0 Å². The summed E-state index contributed by atoms with van der Waals surface area (Å²) in [5.41, 5.74) is 0.624. The second-order valence-corrected chi connectivity index (χ2v) is 5.62. The second kappa shape index (κ2) is 3.86. The van der Waals surface area contributed by atoms with Gasteiger partial charge in [0.15, 0.2) is 11.6 Å². The van der Waals surface area contributed by atoms with Gasteiger partial charge in [-0.25, -0.2) is 9.97 Å². The van der Waals surface area contributed by atoms with Gasteiger partial charge in [0.1, 0.15) is 0 Å². The number of rotatable bonds is 2. The molecule has 17 heavy (non-hydrogen) atoms. The van der Waals surface area contributed by atoms with Crippen LogP contribution >= 0.6 is 0 Å². The summed E-state index contributed by atoms with van der Waals surface area (Å²) in [5, 5.41) is 0. The molecule has 2 heterocycles. The van der Waals surface area contributed by atoms with Crippen LogP contribution in [-0.2, 0) is 0 Å². The monoisotopic (exact) mass is 232 g/mol. The largest absolute Gasteiger partial charge is 0.360 e. The summed E-state index contributed by atoms with van der Waals surface area (Å²) < 4.78 is 0. The van der Waals surface area contributed by atoms with E-state index in [1.54, 1.807) is 12.4 Å². The van der Waals surface area contributed by atoms with Crippen molar-refractivity contribution in [3.8, 4) is 0 Å². The molecule has 4 nitrogen and oxygen atoms in total. The zero-order valence-electron chi connectivity index (χ0n) is 10.7. The Morgan fingerprint density at radius 3 is 2.65 bits per heavy atom. The molecular weight excluding hydrogens is 212 g/mol. The minimum absolute atomic E-state index is 0.624. The zero-order chi connectivity index (χ0) is 11.9. The van der Waals surface area contributed by atoms with Crippen LogP contribution in [0.5, 0.6) is 0 Å². The molecule has 1 aliphatic heterocycles. The van der Waals surface area contributed by atoms with Gasteiger partial charge in [-0.2, -0.15) is 0 Å². The molecule has 2 fully saturated rings. The molecule has 2 aliphatic rings. The Morgan fingerprint density at radius 2 is 1.94 bits per heavy atom. The second-order valence-electron chi connectivity index (χ2n) is 5.62. The molecule has 92 valence electrons. The number of aromatic nitrogens is 2. The highest BCUT2D eigenvalue weighted by Crippen LogP contribution is 2.52. The van der Waals surface area contributed by atoms with Gasteiger partial charge >= 0.3 is 0 Å². The van der Waals surface area contributed by atoms with Gasteiger partial charge in [-0.3, -0.25) is 0 Å². The number of piperidine rings is 1. The molecule has 1 aromatic heterocycles. The summed E-state index contributed by atoms with van der Waals surface area (Å²) in [5.74, 6) is 2.05. The maximum absolute atomic E-state index is 4.54. The summed E-state index contributed by atoms with van der Waals surface area (Å²) in [4.78, 5) is 13.5. The normalized spacial score (nSPS) is 21.6. The first-order valence-corrected chi connectivity index (χ1v) is 6.44. The molecule has 0 amide bonds. The SMILES string of the molecule is CN(C)c1nccnc1N1CCCC2(CC2)C1. The molecule has 0 unspecified atom stereocenters. The third-order valence-corrected chi connectivity index (χ3v) is 4.00. The zero-order valence-corrected chi connectivity index (χ0v) is 10.7. The van der Waals surface area contributed by atoms with E-state index in [0.717, 1.165) is 18.2 Å². The Hall–Kier alpha value is -1.32. The fourth-order valence-corrected chi connectivity index (χ4v) is 2.84. The van der Waals surface area contributed by atoms with E-state index in [2.05, 4.69) is 19.8 Å². The highest BCUT2D eigenvalue weighted by Gasteiger charge is 2.46. The van der Waals surface area contributed by atoms with Crippen molar-refractivity contribution in [2.24, 2.45) is 5.41 Å². The minimum atomic E-state index is 0.624. The number of hydrogen-bond donors (Lipinski definition) is 0. The Morgan fingerprint density at radius 1 is 1.18 bits per heavy atom. The van der Waals surface area contributed by atoms with E-state index in [-0.39, 0.29) is 0 Å². The van der Waals surface area contributed by atoms with Crippen molar-refractivity contribution in [2.75, 3.05) is 37.0 Å². The summed E-state index contributed by atoms with van der Waals surface area (Å²) in [6.45, 7) is 2.30. The van der Waals surface area contributed by atoms with Crippen LogP contribution < -0.4 is 9.80 Å². The highest BCUT2D eigenvalue weighted by atomic mass is 15.3. The van der Waals surface area contributed by atoms with Gasteiger partial charge in [-0.1, -0.05) is 0 Å². The van der Waals surface area contributed by atoms with Crippen LogP contribution in [0.3, 0.4) is 0 Å². The number of hydrogen-bond acceptors (Lipinski definition) is 4. The standard InChI is InChI=1S/C13H20N4/c1-16(2)11-12(15-8-7-14-11)17-9-3-4-13(10-17)5-6-13/h7-8H,3-6,9-10H2,1-2H3. The summed E-state index contributed by atoms with van der Waals surface area (Å²) in [6.07, 6.45) is 9.08. The first-order valence-electron chi connectivity index (χ1n) is 6.44. The van der Waals surface area contributed by atoms with E-state index in [4.69, 9.17) is 0 Å². The average Bonchev–Trinajstić information content (AvgIpc) is 3.08. The Balaban J connectivity index is 1.87. The quantitative estimate of drug-likeness (QED) is 0.780. The van der Waals surface area contributed by atoms with Gasteiger partial charge in [0.05, 0.1) is 0 Å². The van der Waals surface area contributed by atoms with E-state index < -0.39 is 0 Å². The Kier molecular flexibility index (Phi) is 2.45. The fraction of sp³-hybridized carbons (Fsp3) is 0.692. The number of nitrogens with zero attached hydrogens (tertiary/aromatic N) is 4. The highest BCUT2D eigenvalue weighted by molar-refractivity contribution is 5.61. The molecule has 0 radical (unpaired) electrons. The van der Waals surface area contributed by atoms with Crippen molar-refractivity contribution >= 4 is 11.6 Å². The van der Waals surface area contributed by atoms with Gasteiger partial charge in [0, 0.05) is 39.6 Å². The van der Waals surface area contributed by atoms with E-state index in [1.807, 2.05) is 14.1 Å².